The summed E-state index contributed by atoms with van der Waals surface area (Å²) in [6.45, 7) is 1.74. The van der Waals surface area contributed by atoms with Crippen molar-refractivity contribution in [3.05, 3.63) is 17.6 Å². The molecular formula is C7H7N3O. The van der Waals surface area contributed by atoms with Crippen molar-refractivity contribution in [3.8, 4) is 11.9 Å². The van der Waals surface area contributed by atoms with E-state index in [1.165, 1.54) is 13.4 Å². The van der Waals surface area contributed by atoms with E-state index < -0.39 is 0 Å². The highest BCUT2D eigenvalue weighted by Gasteiger charge is 2.06. The first-order chi connectivity index (χ1) is 5.29. The van der Waals surface area contributed by atoms with Crippen molar-refractivity contribution in [3.63, 3.8) is 0 Å². The van der Waals surface area contributed by atoms with Crippen LogP contribution in [0.5, 0.6) is 5.88 Å². The van der Waals surface area contributed by atoms with E-state index >= 15 is 0 Å². The number of aryl methyl sites for hydroxylation is 1. The lowest BCUT2D eigenvalue weighted by Gasteiger charge is -2.00. The number of hydrogen-bond acceptors (Lipinski definition) is 4. The Hall–Kier alpha value is -1.63. The molecule has 1 aromatic rings. The summed E-state index contributed by atoms with van der Waals surface area (Å²) in [5.74, 6) is 0.333. The average molecular weight is 149 g/mol. The second-order valence-electron chi connectivity index (χ2n) is 1.96. The molecule has 0 amide bonds. The maximum atomic E-state index is 8.62. The second-order valence-corrected chi connectivity index (χ2v) is 1.96. The molecule has 0 saturated carbocycles. The number of rotatable bonds is 1. The normalized spacial score (nSPS) is 8.82. The Bertz CT molecular complexity index is 303. The fraction of sp³-hybridized carbons (Fsp3) is 0.286. The van der Waals surface area contributed by atoms with E-state index in [2.05, 4.69) is 9.97 Å². The Balaban J connectivity index is 3.27. The zero-order valence-corrected chi connectivity index (χ0v) is 6.33. The molecule has 0 aliphatic heterocycles. The second kappa shape index (κ2) is 2.97. The molecule has 0 N–H and O–H groups in total. The number of ether oxygens (including phenoxy) is 1. The van der Waals surface area contributed by atoms with Gasteiger partial charge in [0.1, 0.15) is 18.0 Å². The number of nitriles is 1. The molecule has 1 rings (SSSR count). The molecule has 0 radical (unpaired) electrons. The van der Waals surface area contributed by atoms with Crippen molar-refractivity contribution in [2.24, 2.45) is 0 Å². The predicted molar refractivity (Wildman–Crippen MR) is 38.0 cm³/mol. The van der Waals surface area contributed by atoms with Crippen molar-refractivity contribution in [1.29, 1.82) is 5.26 Å². The summed E-state index contributed by atoms with van der Waals surface area (Å²) in [7, 11) is 1.47. The number of nitrogens with zero attached hydrogens (tertiary/aromatic N) is 3. The molecule has 0 unspecified atom stereocenters. The van der Waals surface area contributed by atoms with E-state index in [1.807, 2.05) is 6.07 Å². The largest absolute Gasteiger partial charge is 0.480 e. The summed E-state index contributed by atoms with van der Waals surface area (Å²) in [4.78, 5) is 7.62. The van der Waals surface area contributed by atoms with E-state index in [9.17, 15) is 0 Å². The van der Waals surface area contributed by atoms with Crippen LogP contribution in [0.3, 0.4) is 0 Å². The first kappa shape index (κ1) is 7.48. The van der Waals surface area contributed by atoms with Crippen molar-refractivity contribution in [1.82, 2.24) is 9.97 Å². The highest BCUT2D eigenvalue weighted by molar-refractivity contribution is 5.40. The summed E-state index contributed by atoms with van der Waals surface area (Å²) in [6, 6.07) is 1.96. The summed E-state index contributed by atoms with van der Waals surface area (Å²) >= 11 is 0. The quantitative estimate of drug-likeness (QED) is 0.588. The van der Waals surface area contributed by atoms with E-state index in [4.69, 9.17) is 10.00 Å². The van der Waals surface area contributed by atoms with Gasteiger partial charge in [0.25, 0.3) is 0 Å². The van der Waals surface area contributed by atoms with Crippen LogP contribution in [0.15, 0.2) is 6.33 Å². The van der Waals surface area contributed by atoms with Gasteiger partial charge in [-0.15, -0.1) is 0 Å². The third-order valence-electron chi connectivity index (χ3n) is 1.31. The van der Waals surface area contributed by atoms with Crippen LogP contribution in [0.2, 0.25) is 0 Å². The lowest BCUT2D eigenvalue weighted by Crippen LogP contribution is -1.96. The van der Waals surface area contributed by atoms with Crippen LogP contribution in [0, 0.1) is 18.3 Å². The van der Waals surface area contributed by atoms with Gasteiger partial charge in [-0.05, 0) is 6.92 Å². The van der Waals surface area contributed by atoms with Gasteiger partial charge in [-0.1, -0.05) is 0 Å². The molecule has 0 saturated heterocycles. The van der Waals surface area contributed by atoms with E-state index in [-0.39, 0.29) is 0 Å². The molecule has 0 fully saturated rings. The van der Waals surface area contributed by atoms with Gasteiger partial charge in [0.15, 0.2) is 0 Å². The summed E-state index contributed by atoms with van der Waals surface area (Å²) in [5, 5.41) is 8.62. The Morgan fingerprint density at radius 2 is 2.27 bits per heavy atom. The van der Waals surface area contributed by atoms with Crippen LogP contribution in [0.25, 0.3) is 0 Å². The van der Waals surface area contributed by atoms with E-state index in [0.29, 0.717) is 17.1 Å². The third-order valence-corrected chi connectivity index (χ3v) is 1.31. The minimum Gasteiger partial charge on any atom is -0.480 e. The van der Waals surface area contributed by atoms with Gasteiger partial charge < -0.3 is 4.74 Å². The molecule has 56 valence electrons. The average Bonchev–Trinajstić information content (AvgIpc) is 2.04. The first-order valence-electron chi connectivity index (χ1n) is 3.05. The van der Waals surface area contributed by atoms with E-state index in [1.54, 1.807) is 6.92 Å². The van der Waals surface area contributed by atoms with E-state index in [0.717, 1.165) is 0 Å². The Morgan fingerprint density at radius 1 is 1.55 bits per heavy atom. The van der Waals surface area contributed by atoms with Gasteiger partial charge in [-0.2, -0.15) is 5.26 Å². The van der Waals surface area contributed by atoms with Crippen LogP contribution >= 0.6 is 0 Å². The summed E-state index contributed by atoms with van der Waals surface area (Å²) < 4.78 is 4.84. The molecule has 1 heterocycles. The van der Waals surface area contributed by atoms with Crippen molar-refractivity contribution in [2.45, 2.75) is 6.92 Å². The van der Waals surface area contributed by atoms with Gasteiger partial charge in [-0.25, -0.2) is 9.97 Å². The monoisotopic (exact) mass is 149 g/mol. The van der Waals surface area contributed by atoms with Gasteiger partial charge in [0.05, 0.1) is 12.8 Å². The molecule has 1 aromatic heterocycles. The standard InChI is InChI=1S/C7H7N3O/c1-5-6(3-8)7(11-2)10-4-9-5/h4H,1-2H3. The van der Waals surface area contributed by atoms with Gasteiger partial charge in [-0.3, -0.25) is 0 Å². The predicted octanol–water partition coefficient (Wildman–Crippen LogP) is 0.665. The number of hydrogen-bond donors (Lipinski definition) is 0. The lowest BCUT2D eigenvalue weighted by atomic mass is 10.2. The Kier molecular flexibility index (Phi) is 2.02. The number of methoxy groups -OCH3 is 1. The SMILES string of the molecule is COc1ncnc(C)c1C#N. The van der Waals surface area contributed by atoms with Crippen molar-refractivity contribution in [2.75, 3.05) is 7.11 Å². The molecule has 0 atom stereocenters. The van der Waals surface area contributed by atoms with Crippen molar-refractivity contribution >= 4 is 0 Å². The molecular weight excluding hydrogens is 142 g/mol. The van der Waals surface area contributed by atoms with Crippen molar-refractivity contribution < 1.29 is 4.74 Å². The fourth-order valence-electron chi connectivity index (χ4n) is 0.735. The maximum Gasteiger partial charge on any atom is 0.234 e. The van der Waals surface area contributed by atoms with Crippen LogP contribution in [-0.2, 0) is 0 Å². The van der Waals surface area contributed by atoms with Gasteiger partial charge in [0.2, 0.25) is 5.88 Å². The zero-order chi connectivity index (χ0) is 8.27. The van der Waals surface area contributed by atoms with Gasteiger partial charge in [0, 0.05) is 0 Å². The minimum absolute atomic E-state index is 0.333. The van der Waals surface area contributed by atoms with Crippen LogP contribution in [0.4, 0.5) is 0 Å². The summed E-state index contributed by atoms with van der Waals surface area (Å²) in [5.41, 5.74) is 1.04. The molecule has 4 nitrogen and oxygen atoms in total. The van der Waals surface area contributed by atoms with Gasteiger partial charge >= 0.3 is 0 Å². The topological polar surface area (TPSA) is 58.8 Å². The Morgan fingerprint density at radius 3 is 2.73 bits per heavy atom. The third kappa shape index (κ3) is 1.27. The van der Waals surface area contributed by atoms with Crippen LogP contribution in [-0.4, -0.2) is 17.1 Å². The highest BCUT2D eigenvalue weighted by Crippen LogP contribution is 2.13. The zero-order valence-electron chi connectivity index (χ0n) is 6.33. The first-order valence-corrected chi connectivity index (χ1v) is 3.05. The smallest absolute Gasteiger partial charge is 0.234 e. The lowest BCUT2D eigenvalue weighted by molar-refractivity contribution is 0.394. The molecule has 0 bridgehead atoms. The van der Waals surface area contributed by atoms with Crippen LogP contribution in [0.1, 0.15) is 11.3 Å². The van der Waals surface area contributed by atoms with Crippen LogP contribution < -0.4 is 4.74 Å². The number of aromatic nitrogens is 2. The highest BCUT2D eigenvalue weighted by atomic mass is 16.5. The molecule has 0 aliphatic rings. The molecule has 0 aromatic carbocycles. The molecule has 4 heteroatoms. The summed E-state index contributed by atoms with van der Waals surface area (Å²) in [6.07, 6.45) is 1.37. The molecule has 0 spiro atoms. The molecule has 0 aliphatic carbocycles. The fourth-order valence-corrected chi connectivity index (χ4v) is 0.735. The Labute approximate surface area is 64.5 Å². The maximum absolute atomic E-state index is 8.62. The minimum atomic E-state index is 0.333. The molecule has 11 heavy (non-hydrogen) atoms.